The first-order valence-electron chi connectivity index (χ1n) is 5.88. The van der Waals surface area contributed by atoms with Crippen molar-refractivity contribution in [2.24, 2.45) is 0 Å². The van der Waals surface area contributed by atoms with E-state index in [-0.39, 0.29) is 17.2 Å². The molecule has 0 aliphatic heterocycles. The van der Waals surface area contributed by atoms with Gasteiger partial charge in [-0.2, -0.15) is 0 Å². The zero-order chi connectivity index (χ0) is 14.2. The molecule has 0 aliphatic rings. The zero-order valence-corrected chi connectivity index (χ0v) is 11.4. The SMILES string of the molecule is COn1c(C(=O)N(C)C)cc2ccc(C)cc2c1=O. The summed E-state index contributed by atoms with van der Waals surface area (Å²) in [4.78, 5) is 30.9. The molecule has 1 amide bonds. The first kappa shape index (κ1) is 13.1. The minimum Gasteiger partial charge on any atom is -0.413 e. The quantitative estimate of drug-likeness (QED) is 0.811. The Labute approximate surface area is 111 Å². The molecule has 0 saturated carbocycles. The number of carbonyl (C=O) groups excluding carboxylic acids is 1. The van der Waals surface area contributed by atoms with Crippen molar-refractivity contribution in [3.05, 3.63) is 45.9 Å². The van der Waals surface area contributed by atoms with Gasteiger partial charge in [0.2, 0.25) is 0 Å². The lowest BCUT2D eigenvalue weighted by Gasteiger charge is -2.15. The maximum atomic E-state index is 12.3. The number of fused-ring (bicyclic) bond motifs is 1. The summed E-state index contributed by atoms with van der Waals surface area (Å²) in [7, 11) is 4.63. The van der Waals surface area contributed by atoms with Crippen molar-refractivity contribution in [2.75, 3.05) is 21.2 Å². The highest BCUT2D eigenvalue weighted by Gasteiger charge is 2.17. The number of nitrogens with zero attached hydrogens (tertiary/aromatic N) is 2. The van der Waals surface area contributed by atoms with Gasteiger partial charge in [-0.25, -0.2) is 0 Å². The molecular weight excluding hydrogens is 244 g/mol. The van der Waals surface area contributed by atoms with Crippen LogP contribution >= 0.6 is 0 Å². The van der Waals surface area contributed by atoms with Gasteiger partial charge in [0.25, 0.3) is 11.5 Å². The van der Waals surface area contributed by atoms with E-state index in [1.165, 1.54) is 12.0 Å². The highest BCUT2D eigenvalue weighted by molar-refractivity contribution is 5.96. The summed E-state index contributed by atoms with van der Waals surface area (Å²) in [5.74, 6) is -0.276. The standard InChI is InChI=1S/C14H16N2O3/c1-9-5-6-10-8-12(14(18)15(2)3)16(19-4)13(17)11(10)7-9/h5-8H,1-4H3. The number of aryl methyl sites for hydroxylation is 1. The van der Waals surface area contributed by atoms with Gasteiger partial charge >= 0.3 is 0 Å². The first-order valence-corrected chi connectivity index (χ1v) is 5.88. The number of benzene rings is 1. The van der Waals surface area contributed by atoms with Crippen LogP contribution in [0.25, 0.3) is 10.8 Å². The topological polar surface area (TPSA) is 51.5 Å². The van der Waals surface area contributed by atoms with E-state index in [4.69, 9.17) is 4.84 Å². The Morgan fingerprint density at radius 2 is 1.95 bits per heavy atom. The summed E-state index contributed by atoms with van der Waals surface area (Å²) >= 11 is 0. The molecular formula is C14H16N2O3. The van der Waals surface area contributed by atoms with Gasteiger partial charge in [-0.05, 0) is 24.4 Å². The van der Waals surface area contributed by atoms with E-state index in [1.807, 2.05) is 19.1 Å². The summed E-state index contributed by atoms with van der Waals surface area (Å²) in [5, 5.41) is 1.27. The minimum absolute atomic E-state index is 0.217. The Bertz CT molecular complexity index is 702. The number of hydrogen-bond donors (Lipinski definition) is 0. The van der Waals surface area contributed by atoms with E-state index in [0.717, 1.165) is 15.7 Å². The number of carbonyl (C=O) groups is 1. The third-order valence-electron chi connectivity index (χ3n) is 2.94. The molecule has 1 heterocycles. The van der Waals surface area contributed by atoms with Gasteiger partial charge < -0.3 is 9.74 Å². The summed E-state index contributed by atoms with van der Waals surface area (Å²) in [6.07, 6.45) is 0. The summed E-state index contributed by atoms with van der Waals surface area (Å²) in [6.45, 7) is 1.91. The van der Waals surface area contributed by atoms with Crippen molar-refractivity contribution in [3.63, 3.8) is 0 Å². The third kappa shape index (κ3) is 2.19. The fraction of sp³-hybridized carbons (Fsp3) is 0.286. The molecule has 2 aromatic rings. The Balaban J connectivity index is 2.83. The van der Waals surface area contributed by atoms with Gasteiger partial charge in [0.1, 0.15) is 12.8 Å². The molecule has 0 saturated heterocycles. The summed E-state index contributed by atoms with van der Waals surface area (Å²) in [6, 6.07) is 7.19. The predicted octanol–water partition coefficient (Wildman–Crippen LogP) is 1.07. The number of pyridine rings is 1. The van der Waals surface area contributed by atoms with E-state index in [9.17, 15) is 9.59 Å². The predicted molar refractivity (Wildman–Crippen MR) is 73.5 cm³/mol. The highest BCUT2D eigenvalue weighted by atomic mass is 16.6. The second-order valence-corrected chi connectivity index (χ2v) is 4.60. The molecule has 2 rings (SSSR count). The molecule has 1 aromatic carbocycles. The molecule has 0 fully saturated rings. The van der Waals surface area contributed by atoms with E-state index in [1.54, 1.807) is 26.2 Å². The first-order chi connectivity index (χ1) is 8.95. The van der Waals surface area contributed by atoms with Crippen LogP contribution in [0.4, 0.5) is 0 Å². The largest absolute Gasteiger partial charge is 0.413 e. The lowest BCUT2D eigenvalue weighted by atomic mass is 10.1. The van der Waals surface area contributed by atoms with Gasteiger partial charge in [-0.3, -0.25) is 9.59 Å². The van der Waals surface area contributed by atoms with Gasteiger partial charge in [0, 0.05) is 14.1 Å². The van der Waals surface area contributed by atoms with Crippen molar-refractivity contribution in [1.82, 2.24) is 9.63 Å². The van der Waals surface area contributed by atoms with Crippen LogP contribution in [0.1, 0.15) is 16.1 Å². The van der Waals surface area contributed by atoms with Crippen molar-refractivity contribution in [3.8, 4) is 0 Å². The average Bonchev–Trinajstić information content (AvgIpc) is 2.38. The Morgan fingerprint density at radius 3 is 2.53 bits per heavy atom. The molecule has 100 valence electrons. The highest BCUT2D eigenvalue weighted by Crippen LogP contribution is 2.14. The molecule has 0 unspecified atom stereocenters. The molecule has 0 radical (unpaired) electrons. The van der Waals surface area contributed by atoms with Gasteiger partial charge in [0.05, 0.1) is 5.39 Å². The fourth-order valence-electron chi connectivity index (χ4n) is 1.96. The van der Waals surface area contributed by atoms with Crippen LogP contribution in [-0.4, -0.2) is 36.7 Å². The molecule has 0 atom stereocenters. The molecule has 0 N–H and O–H groups in total. The Kier molecular flexibility index (Phi) is 3.29. The molecule has 0 bridgehead atoms. The van der Waals surface area contributed by atoms with E-state index < -0.39 is 0 Å². The normalized spacial score (nSPS) is 10.5. The minimum atomic E-state index is -0.325. The summed E-state index contributed by atoms with van der Waals surface area (Å²) in [5.41, 5.74) is 0.877. The number of amides is 1. The van der Waals surface area contributed by atoms with Crippen molar-refractivity contribution < 1.29 is 9.63 Å². The smallest absolute Gasteiger partial charge is 0.291 e. The fourth-order valence-corrected chi connectivity index (χ4v) is 1.96. The summed E-state index contributed by atoms with van der Waals surface area (Å²) < 4.78 is 1.03. The third-order valence-corrected chi connectivity index (χ3v) is 2.94. The molecule has 19 heavy (non-hydrogen) atoms. The van der Waals surface area contributed by atoms with Crippen LogP contribution in [0.2, 0.25) is 0 Å². The van der Waals surface area contributed by atoms with Gasteiger partial charge in [0.15, 0.2) is 0 Å². The molecule has 1 aromatic heterocycles. The van der Waals surface area contributed by atoms with E-state index in [2.05, 4.69) is 0 Å². The van der Waals surface area contributed by atoms with Crippen LogP contribution in [0.3, 0.4) is 0 Å². The van der Waals surface area contributed by atoms with Crippen LogP contribution in [0.5, 0.6) is 0 Å². The van der Waals surface area contributed by atoms with Crippen LogP contribution in [0, 0.1) is 6.92 Å². The Hall–Kier alpha value is -2.30. The molecule has 0 aliphatic carbocycles. The van der Waals surface area contributed by atoms with E-state index >= 15 is 0 Å². The average molecular weight is 260 g/mol. The zero-order valence-electron chi connectivity index (χ0n) is 11.4. The molecule has 5 heteroatoms. The van der Waals surface area contributed by atoms with Gasteiger partial charge in [-0.1, -0.05) is 17.7 Å². The maximum absolute atomic E-state index is 12.3. The van der Waals surface area contributed by atoms with Crippen LogP contribution in [-0.2, 0) is 0 Å². The lowest BCUT2D eigenvalue weighted by Crippen LogP contribution is -2.34. The number of aromatic nitrogens is 1. The van der Waals surface area contributed by atoms with Crippen LogP contribution < -0.4 is 10.4 Å². The van der Waals surface area contributed by atoms with Gasteiger partial charge in [-0.15, -0.1) is 4.73 Å². The number of rotatable bonds is 2. The molecule has 0 spiro atoms. The molecule has 5 nitrogen and oxygen atoms in total. The second kappa shape index (κ2) is 4.76. The number of hydrogen-bond acceptors (Lipinski definition) is 3. The lowest BCUT2D eigenvalue weighted by molar-refractivity contribution is 0.0760. The second-order valence-electron chi connectivity index (χ2n) is 4.60. The Morgan fingerprint density at radius 1 is 1.26 bits per heavy atom. The monoisotopic (exact) mass is 260 g/mol. The maximum Gasteiger partial charge on any atom is 0.291 e. The van der Waals surface area contributed by atoms with Crippen LogP contribution in [0.15, 0.2) is 29.1 Å². The van der Waals surface area contributed by atoms with Crippen molar-refractivity contribution >= 4 is 16.7 Å². The van der Waals surface area contributed by atoms with Crippen molar-refractivity contribution in [1.29, 1.82) is 0 Å². The van der Waals surface area contributed by atoms with Crippen molar-refractivity contribution in [2.45, 2.75) is 6.92 Å². The van der Waals surface area contributed by atoms with E-state index in [0.29, 0.717) is 5.39 Å².